The van der Waals surface area contributed by atoms with E-state index in [2.05, 4.69) is 20.6 Å². The number of aryl methyl sites for hydroxylation is 1. The molecular formula is C13H19N5. The van der Waals surface area contributed by atoms with Gasteiger partial charge in [0, 0.05) is 25.8 Å². The lowest BCUT2D eigenvalue weighted by atomic mass is 10.1. The van der Waals surface area contributed by atoms with Gasteiger partial charge in [-0.2, -0.15) is 0 Å². The second kappa shape index (κ2) is 4.94. The van der Waals surface area contributed by atoms with Crippen LogP contribution in [0.1, 0.15) is 19.3 Å². The van der Waals surface area contributed by atoms with Gasteiger partial charge in [0.05, 0.1) is 11.8 Å². The van der Waals surface area contributed by atoms with E-state index in [1.54, 1.807) is 0 Å². The molecule has 0 aliphatic carbocycles. The van der Waals surface area contributed by atoms with Gasteiger partial charge in [0.2, 0.25) is 0 Å². The summed E-state index contributed by atoms with van der Waals surface area (Å²) in [6, 6.07) is 2.55. The normalized spacial score (nSPS) is 20.2. The Morgan fingerprint density at radius 1 is 1.44 bits per heavy atom. The van der Waals surface area contributed by atoms with E-state index < -0.39 is 0 Å². The molecule has 3 heterocycles. The molecule has 1 aliphatic rings. The first-order valence-electron chi connectivity index (χ1n) is 6.58. The Bertz CT molecular complexity index is 527. The van der Waals surface area contributed by atoms with Crippen molar-refractivity contribution in [3.05, 3.63) is 18.6 Å². The molecule has 5 nitrogen and oxygen atoms in total. The minimum absolute atomic E-state index is 0.555. The van der Waals surface area contributed by atoms with Gasteiger partial charge in [-0.15, -0.1) is 0 Å². The highest BCUT2D eigenvalue weighted by atomic mass is 15.1. The third-order valence-electron chi connectivity index (χ3n) is 3.57. The van der Waals surface area contributed by atoms with Gasteiger partial charge in [-0.1, -0.05) is 6.42 Å². The Morgan fingerprint density at radius 3 is 3.22 bits per heavy atom. The second-order valence-corrected chi connectivity index (χ2v) is 4.91. The van der Waals surface area contributed by atoms with E-state index >= 15 is 0 Å². The van der Waals surface area contributed by atoms with Crippen LogP contribution in [0.15, 0.2) is 18.6 Å². The van der Waals surface area contributed by atoms with Gasteiger partial charge in [-0.3, -0.25) is 0 Å². The van der Waals surface area contributed by atoms with Gasteiger partial charge in [0.1, 0.15) is 5.52 Å². The zero-order valence-electron chi connectivity index (χ0n) is 10.7. The van der Waals surface area contributed by atoms with Crippen LogP contribution < -0.4 is 10.6 Å². The third-order valence-corrected chi connectivity index (χ3v) is 3.57. The standard InChI is InChI=1S/C13H19N5/c1-18-9-17-12-11(18)5-7-15-13(12)16-8-10-4-2-3-6-14-10/h5,7,9-10,14H,2-4,6,8H2,1H3,(H,15,16). The number of fused-ring (bicyclic) bond motifs is 1. The Hall–Kier alpha value is -1.62. The van der Waals surface area contributed by atoms with Gasteiger partial charge in [0.15, 0.2) is 5.82 Å². The van der Waals surface area contributed by atoms with Crippen molar-refractivity contribution in [3.63, 3.8) is 0 Å². The van der Waals surface area contributed by atoms with E-state index in [4.69, 9.17) is 0 Å². The van der Waals surface area contributed by atoms with Crippen LogP contribution in [0.25, 0.3) is 11.0 Å². The fourth-order valence-electron chi connectivity index (χ4n) is 2.51. The highest BCUT2D eigenvalue weighted by molar-refractivity contribution is 5.85. The molecule has 18 heavy (non-hydrogen) atoms. The molecule has 2 aromatic rings. The fourth-order valence-corrected chi connectivity index (χ4v) is 2.51. The lowest BCUT2D eigenvalue weighted by Gasteiger charge is -2.23. The molecule has 0 radical (unpaired) electrons. The van der Waals surface area contributed by atoms with E-state index in [0.717, 1.165) is 29.9 Å². The first-order chi connectivity index (χ1) is 8.84. The number of hydrogen-bond acceptors (Lipinski definition) is 4. The average molecular weight is 245 g/mol. The van der Waals surface area contributed by atoms with Crippen molar-refractivity contribution in [2.75, 3.05) is 18.4 Å². The predicted octanol–water partition coefficient (Wildman–Crippen LogP) is 1.52. The Kier molecular flexibility index (Phi) is 3.15. The highest BCUT2D eigenvalue weighted by Crippen LogP contribution is 2.18. The van der Waals surface area contributed by atoms with E-state index in [1.807, 2.05) is 30.2 Å². The fraction of sp³-hybridized carbons (Fsp3) is 0.538. The minimum atomic E-state index is 0.555. The lowest BCUT2D eigenvalue weighted by molar-refractivity contribution is 0.414. The van der Waals surface area contributed by atoms with Gasteiger partial charge in [-0.25, -0.2) is 9.97 Å². The van der Waals surface area contributed by atoms with Crippen LogP contribution in [0.2, 0.25) is 0 Å². The Labute approximate surface area is 107 Å². The quantitative estimate of drug-likeness (QED) is 0.861. The number of piperidine rings is 1. The molecule has 3 rings (SSSR count). The van der Waals surface area contributed by atoms with E-state index in [9.17, 15) is 0 Å². The molecule has 96 valence electrons. The summed E-state index contributed by atoms with van der Waals surface area (Å²) in [5.74, 6) is 0.889. The third kappa shape index (κ3) is 2.18. The molecule has 1 aliphatic heterocycles. The summed E-state index contributed by atoms with van der Waals surface area (Å²) in [6.45, 7) is 2.05. The van der Waals surface area contributed by atoms with E-state index in [1.165, 1.54) is 19.3 Å². The maximum Gasteiger partial charge on any atom is 0.154 e. The molecule has 2 aromatic heterocycles. The summed E-state index contributed by atoms with van der Waals surface area (Å²) < 4.78 is 2.01. The summed E-state index contributed by atoms with van der Waals surface area (Å²) in [6.07, 6.45) is 7.52. The Balaban J connectivity index is 1.74. The smallest absolute Gasteiger partial charge is 0.154 e. The van der Waals surface area contributed by atoms with Crippen LogP contribution >= 0.6 is 0 Å². The number of aromatic nitrogens is 3. The van der Waals surface area contributed by atoms with Crippen molar-refractivity contribution >= 4 is 16.9 Å². The van der Waals surface area contributed by atoms with Gasteiger partial charge < -0.3 is 15.2 Å². The maximum absolute atomic E-state index is 4.40. The molecule has 0 spiro atoms. The van der Waals surface area contributed by atoms with Crippen molar-refractivity contribution in [3.8, 4) is 0 Å². The molecule has 1 saturated heterocycles. The summed E-state index contributed by atoms with van der Waals surface area (Å²) in [4.78, 5) is 8.79. The topological polar surface area (TPSA) is 54.8 Å². The van der Waals surface area contributed by atoms with Crippen molar-refractivity contribution in [2.45, 2.75) is 25.3 Å². The number of imidazole rings is 1. The highest BCUT2D eigenvalue weighted by Gasteiger charge is 2.13. The van der Waals surface area contributed by atoms with E-state index in [0.29, 0.717) is 6.04 Å². The lowest BCUT2D eigenvalue weighted by Crippen LogP contribution is -2.39. The van der Waals surface area contributed by atoms with Crippen LogP contribution in [0.5, 0.6) is 0 Å². The molecule has 0 amide bonds. The van der Waals surface area contributed by atoms with Crippen LogP contribution in [-0.4, -0.2) is 33.7 Å². The average Bonchev–Trinajstić information content (AvgIpc) is 2.80. The molecule has 1 fully saturated rings. The predicted molar refractivity (Wildman–Crippen MR) is 72.6 cm³/mol. The van der Waals surface area contributed by atoms with Crippen LogP contribution in [0.4, 0.5) is 5.82 Å². The molecule has 5 heteroatoms. The number of nitrogens with one attached hydrogen (secondary N) is 2. The SMILES string of the molecule is Cn1cnc2c(NCC3CCCCN3)nccc21. The molecule has 2 N–H and O–H groups in total. The van der Waals surface area contributed by atoms with Crippen LogP contribution in [0, 0.1) is 0 Å². The van der Waals surface area contributed by atoms with Crippen LogP contribution in [-0.2, 0) is 7.05 Å². The minimum Gasteiger partial charge on any atom is -0.367 e. The monoisotopic (exact) mass is 245 g/mol. The van der Waals surface area contributed by atoms with Gasteiger partial charge >= 0.3 is 0 Å². The first kappa shape index (κ1) is 11.5. The summed E-state index contributed by atoms with van der Waals surface area (Å²) in [7, 11) is 2.00. The van der Waals surface area contributed by atoms with Gasteiger partial charge in [-0.05, 0) is 25.5 Å². The number of hydrogen-bond donors (Lipinski definition) is 2. The molecule has 1 unspecified atom stereocenters. The Morgan fingerprint density at radius 2 is 2.39 bits per heavy atom. The zero-order valence-corrected chi connectivity index (χ0v) is 10.7. The molecule has 0 bridgehead atoms. The van der Waals surface area contributed by atoms with Crippen molar-refractivity contribution in [1.29, 1.82) is 0 Å². The maximum atomic E-state index is 4.40. The number of anilines is 1. The molecule has 1 atom stereocenters. The van der Waals surface area contributed by atoms with E-state index in [-0.39, 0.29) is 0 Å². The largest absolute Gasteiger partial charge is 0.367 e. The summed E-state index contributed by atoms with van der Waals surface area (Å²) >= 11 is 0. The van der Waals surface area contributed by atoms with Gasteiger partial charge in [0.25, 0.3) is 0 Å². The molecule has 0 aromatic carbocycles. The molecule has 0 saturated carbocycles. The first-order valence-corrected chi connectivity index (χ1v) is 6.58. The van der Waals surface area contributed by atoms with Crippen molar-refractivity contribution < 1.29 is 0 Å². The molecular weight excluding hydrogens is 226 g/mol. The number of pyridine rings is 1. The van der Waals surface area contributed by atoms with Crippen molar-refractivity contribution in [2.24, 2.45) is 7.05 Å². The zero-order chi connectivity index (χ0) is 12.4. The summed E-state index contributed by atoms with van der Waals surface area (Å²) in [5.41, 5.74) is 2.07. The van der Waals surface area contributed by atoms with Crippen LogP contribution in [0.3, 0.4) is 0 Å². The summed E-state index contributed by atoms with van der Waals surface area (Å²) in [5, 5.41) is 6.95. The van der Waals surface area contributed by atoms with Crippen molar-refractivity contribution in [1.82, 2.24) is 19.9 Å². The second-order valence-electron chi connectivity index (χ2n) is 4.91. The number of rotatable bonds is 3. The number of nitrogens with zero attached hydrogens (tertiary/aromatic N) is 3.